The van der Waals surface area contributed by atoms with Crippen molar-refractivity contribution in [2.45, 2.75) is 25.0 Å². The summed E-state index contributed by atoms with van der Waals surface area (Å²) in [5.74, 6) is 0.629. The topological polar surface area (TPSA) is 55.4 Å². The molecule has 1 aliphatic heterocycles. The monoisotopic (exact) mass is 207 g/mol. The van der Waals surface area contributed by atoms with Gasteiger partial charge in [-0.2, -0.15) is 0 Å². The molecule has 4 nitrogen and oxygen atoms in total. The summed E-state index contributed by atoms with van der Waals surface area (Å²) in [6, 6.07) is 0.0169. The SMILES string of the molecule is C=CC(=O)NC1C2OC(=O)C3C[C@@H]1C[C@@H]32. The molecule has 2 saturated carbocycles. The number of fused-ring (bicyclic) bond motifs is 1. The van der Waals surface area contributed by atoms with Crippen LogP contribution >= 0.6 is 0 Å². The number of nitrogens with one attached hydrogen (secondary N) is 1. The Morgan fingerprint density at radius 1 is 1.53 bits per heavy atom. The Labute approximate surface area is 87.7 Å². The molecule has 2 bridgehead atoms. The predicted molar refractivity (Wildman–Crippen MR) is 51.7 cm³/mol. The smallest absolute Gasteiger partial charge is 0.309 e. The zero-order valence-electron chi connectivity index (χ0n) is 8.31. The summed E-state index contributed by atoms with van der Waals surface area (Å²) in [5, 5.41) is 2.87. The van der Waals surface area contributed by atoms with Crippen LogP contribution in [0.25, 0.3) is 0 Å². The van der Waals surface area contributed by atoms with Crippen molar-refractivity contribution >= 4 is 11.9 Å². The number of ether oxygens (including phenoxy) is 1. The molecule has 3 aliphatic rings. The lowest BCUT2D eigenvalue weighted by molar-refractivity contribution is -0.144. The van der Waals surface area contributed by atoms with Crippen molar-refractivity contribution in [3.05, 3.63) is 12.7 Å². The Morgan fingerprint density at radius 2 is 2.33 bits per heavy atom. The molecule has 80 valence electrons. The summed E-state index contributed by atoms with van der Waals surface area (Å²) in [5.41, 5.74) is 0. The number of carbonyl (C=O) groups excluding carboxylic acids is 2. The van der Waals surface area contributed by atoms with E-state index >= 15 is 0 Å². The van der Waals surface area contributed by atoms with Crippen molar-refractivity contribution in [3.8, 4) is 0 Å². The molecule has 2 aliphatic carbocycles. The summed E-state index contributed by atoms with van der Waals surface area (Å²) in [7, 11) is 0. The van der Waals surface area contributed by atoms with E-state index in [0.717, 1.165) is 12.8 Å². The van der Waals surface area contributed by atoms with Crippen LogP contribution in [0.3, 0.4) is 0 Å². The first kappa shape index (κ1) is 8.95. The van der Waals surface area contributed by atoms with E-state index < -0.39 is 0 Å². The second-order valence-electron chi connectivity index (χ2n) is 4.64. The van der Waals surface area contributed by atoms with Gasteiger partial charge in [0, 0.05) is 5.92 Å². The molecule has 0 aromatic heterocycles. The van der Waals surface area contributed by atoms with E-state index in [1.165, 1.54) is 6.08 Å². The predicted octanol–water partition coefficient (Wildman–Crippen LogP) is 0.239. The molecule has 1 saturated heterocycles. The van der Waals surface area contributed by atoms with Crippen LogP contribution < -0.4 is 5.32 Å². The Hall–Kier alpha value is -1.32. The van der Waals surface area contributed by atoms with Gasteiger partial charge < -0.3 is 10.1 Å². The van der Waals surface area contributed by atoms with Crippen molar-refractivity contribution in [2.75, 3.05) is 0 Å². The van der Waals surface area contributed by atoms with Crippen LogP contribution in [0, 0.1) is 17.8 Å². The van der Waals surface area contributed by atoms with Crippen molar-refractivity contribution in [1.82, 2.24) is 5.32 Å². The first-order valence-corrected chi connectivity index (χ1v) is 5.34. The summed E-state index contributed by atoms with van der Waals surface area (Å²) in [6.07, 6.45) is 3.08. The van der Waals surface area contributed by atoms with Crippen molar-refractivity contribution in [2.24, 2.45) is 17.8 Å². The maximum absolute atomic E-state index is 11.4. The molecule has 3 unspecified atom stereocenters. The maximum Gasteiger partial charge on any atom is 0.309 e. The minimum atomic E-state index is -0.174. The molecular formula is C11H13NO3. The first-order valence-electron chi connectivity index (χ1n) is 5.34. The highest BCUT2D eigenvalue weighted by Gasteiger charge is 2.61. The largest absolute Gasteiger partial charge is 0.460 e. The van der Waals surface area contributed by atoms with Crippen LogP contribution in [-0.2, 0) is 14.3 Å². The average Bonchev–Trinajstić information content (AvgIpc) is 2.81. The molecule has 0 aromatic rings. The van der Waals surface area contributed by atoms with Gasteiger partial charge in [0.25, 0.3) is 0 Å². The number of hydrogen-bond acceptors (Lipinski definition) is 3. The highest BCUT2D eigenvalue weighted by atomic mass is 16.6. The van der Waals surface area contributed by atoms with Crippen molar-refractivity contribution in [3.63, 3.8) is 0 Å². The number of rotatable bonds is 2. The molecule has 0 aromatic carbocycles. The van der Waals surface area contributed by atoms with Crippen LogP contribution in [0.4, 0.5) is 0 Å². The lowest BCUT2D eigenvalue weighted by atomic mass is 9.86. The zero-order chi connectivity index (χ0) is 10.6. The molecule has 4 heteroatoms. The van der Waals surface area contributed by atoms with Crippen LogP contribution in [-0.4, -0.2) is 24.0 Å². The van der Waals surface area contributed by atoms with Crippen LogP contribution in [0.2, 0.25) is 0 Å². The van der Waals surface area contributed by atoms with Crippen molar-refractivity contribution in [1.29, 1.82) is 0 Å². The Bertz CT molecular complexity index is 352. The minimum Gasteiger partial charge on any atom is -0.460 e. The van der Waals surface area contributed by atoms with Gasteiger partial charge in [0.2, 0.25) is 5.91 Å². The molecule has 3 fully saturated rings. The van der Waals surface area contributed by atoms with E-state index in [2.05, 4.69) is 11.9 Å². The number of amides is 1. The fourth-order valence-corrected chi connectivity index (χ4v) is 3.38. The van der Waals surface area contributed by atoms with E-state index in [-0.39, 0.29) is 29.9 Å². The number of hydrogen-bond donors (Lipinski definition) is 1. The van der Waals surface area contributed by atoms with E-state index in [4.69, 9.17) is 4.74 Å². The fourth-order valence-electron chi connectivity index (χ4n) is 3.38. The lowest BCUT2D eigenvalue weighted by Crippen LogP contribution is -2.45. The lowest BCUT2D eigenvalue weighted by Gasteiger charge is -2.25. The molecule has 3 rings (SSSR count). The highest BCUT2D eigenvalue weighted by Crippen LogP contribution is 2.54. The summed E-state index contributed by atoms with van der Waals surface area (Å²) in [6.45, 7) is 3.42. The van der Waals surface area contributed by atoms with Gasteiger partial charge in [0.15, 0.2) is 0 Å². The van der Waals surface area contributed by atoms with Gasteiger partial charge >= 0.3 is 5.97 Å². The molecule has 15 heavy (non-hydrogen) atoms. The van der Waals surface area contributed by atoms with E-state index in [1.807, 2.05) is 0 Å². The quantitative estimate of drug-likeness (QED) is 0.521. The first-order chi connectivity index (χ1) is 7.20. The second-order valence-corrected chi connectivity index (χ2v) is 4.64. The highest BCUT2D eigenvalue weighted by molar-refractivity contribution is 5.87. The third kappa shape index (κ3) is 1.07. The van der Waals surface area contributed by atoms with E-state index in [1.54, 1.807) is 0 Å². The van der Waals surface area contributed by atoms with Gasteiger partial charge in [-0.3, -0.25) is 9.59 Å². The molecule has 0 spiro atoms. The standard InChI is InChI=1S/C11H13NO3/c1-2-8(13)12-9-5-3-6-7(4-5)11(14)15-10(6)9/h2,5-7,9-10H,1,3-4H2,(H,12,13)/t5-,6-,7?,9?,10?/m0/s1. The van der Waals surface area contributed by atoms with Gasteiger partial charge in [0.1, 0.15) is 6.10 Å². The molecule has 1 N–H and O–H groups in total. The maximum atomic E-state index is 11.4. The van der Waals surface area contributed by atoms with Gasteiger partial charge in [-0.1, -0.05) is 6.58 Å². The normalized spacial score (nSPS) is 45.3. The van der Waals surface area contributed by atoms with Crippen molar-refractivity contribution < 1.29 is 14.3 Å². The molecule has 0 radical (unpaired) electrons. The van der Waals surface area contributed by atoms with E-state index in [0.29, 0.717) is 11.8 Å². The fraction of sp³-hybridized carbons (Fsp3) is 0.636. The minimum absolute atomic E-state index is 0.0169. The van der Waals surface area contributed by atoms with Crippen LogP contribution in [0.1, 0.15) is 12.8 Å². The summed E-state index contributed by atoms with van der Waals surface area (Å²) < 4.78 is 5.31. The second kappa shape index (κ2) is 2.84. The van der Waals surface area contributed by atoms with Crippen LogP contribution in [0.5, 0.6) is 0 Å². The van der Waals surface area contributed by atoms with Gasteiger partial charge in [-0.25, -0.2) is 0 Å². The van der Waals surface area contributed by atoms with E-state index in [9.17, 15) is 9.59 Å². The van der Waals surface area contributed by atoms with Gasteiger partial charge in [-0.15, -0.1) is 0 Å². The third-order valence-corrected chi connectivity index (χ3v) is 3.98. The average molecular weight is 207 g/mol. The molecule has 1 amide bonds. The number of esters is 1. The van der Waals surface area contributed by atoms with Crippen LogP contribution in [0.15, 0.2) is 12.7 Å². The zero-order valence-corrected chi connectivity index (χ0v) is 8.31. The molecule has 1 heterocycles. The third-order valence-electron chi connectivity index (χ3n) is 3.98. The Kier molecular flexibility index (Phi) is 1.69. The Morgan fingerprint density at radius 3 is 3.07 bits per heavy atom. The summed E-state index contributed by atoms with van der Waals surface area (Å²) >= 11 is 0. The van der Waals surface area contributed by atoms with Gasteiger partial charge in [-0.05, 0) is 24.8 Å². The van der Waals surface area contributed by atoms with Gasteiger partial charge in [0.05, 0.1) is 12.0 Å². The molecular weight excluding hydrogens is 194 g/mol. The number of carbonyl (C=O) groups is 2. The summed E-state index contributed by atoms with van der Waals surface area (Å²) in [4.78, 5) is 22.7. The molecule has 5 atom stereocenters. The Balaban J connectivity index is 1.80.